The summed E-state index contributed by atoms with van der Waals surface area (Å²) in [7, 11) is 0. The van der Waals surface area contributed by atoms with Crippen molar-refractivity contribution in [2.45, 2.75) is 20.4 Å². The molecule has 0 aliphatic heterocycles. The second-order valence-corrected chi connectivity index (χ2v) is 4.69. The van der Waals surface area contributed by atoms with E-state index < -0.39 is 0 Å². The SMILES string of the molecule is CC(C)CNCCNCc1ccsc1. The van der Waals surface area contributed by atoms with Gasteiger partial charge in [0.2, 0.25) is 0 Å². The molecule has 0 atom stereocenters. The maximum atomic E-state index is 3.41. The fourth-order valence-corrected chi connectivity index (χ4v) is 1.86. The third-order valence-electron chi connectivity index (χ3n) is 1.94. The maximum Gasteiger partial charge on any atom is 0.0214 e. The molecule has 0 fully saturated rings. The van der Waals surface area contributed by atoms with E-state index in [9.17, 15) is 0 Å². The second-order valence-electron chi connectivity index (χ2n) is 3.91. The fourth-order valence-electron chi connectivity index (χ4n) is 1.19. The molecule has 1 aromatic heterocycles. The lowest BCUT2D eigenvalue weighted by molar-refractivity contribution is 0.535. The quantitative estimate of drug-likeness (QED) is 0.676. The van der Waals surface area contributed by atoms with Crippen LogP contribution in [0.3, 0.4) is 0 Å². The lowest BCUT2D eigenvalue weighted by atomic mass is 10.2. The van der Waals surface area contributed by atoms with Crippen LogP contribution in [0.1, 0.15) is 19.4 Å². The van der Waals surface area contributed by atoms with Gasteiger partial charge in [0.15, 0.2) is 0 Å². The van der Waals surface area contributed by atoms with Gasteiger partial charge in [-0.3, -0.25) is 0 Å². The first-order chi connectivity index (χ1) is 6.79. The van der Waals surface area contributed by atoms with E-state index in [-0.39, 0.29) is 0 Å². The van der Waals surface area contributed by atoms with E-state index in [0.717, 1.165) is 32.1 Å². The molecule has 0 aliphatic rings. The Kier molecular flexibility index (Phi) is 5.83. The number of rotatable bonds is 7. The van der Waals surface area contributed by atoms with Crippen LogP contribution in [-0.2, 0) is 6.54 Å². The van der Waals surface area contributed by atoms with E-state index in [1.165, 1.54) is 5.56 Å². The minimum Gasteiger partial charge on any atom is -0.315 e. The van der Waals surface area contributed by atoms with Crippen molar-refractivity contribution in [2.24, 2.45) is 5.92 Å². The van der Waals surface area contributed by atoms with Gasteiger partial charge in [0.05, 0.1) is 0 Å². The molecule has 0 saturated heterocycles. The average Bonchev–Trinajstić information content (AvgIpc) is 2.63. The first-order valence-corrected chi connectivity index (χ1v) is 6.16. The van der Waals surface area contributed by atoms with Gasteiger partial charge in [0.1, 0.15) is 0 Å². The Labute approximate surface area is 90.7 Å². The zero-order valence-corrected chi connectivity index (χ0v) is 9.86. The Bertz CT molecular complexity index is 219. The second kappa shape index (κ2) is 6.98. The standard InChI is InChI=1S/C11H20N2S/c1-10(2)7-12-4-5-13-8-11-3-6-14-9-11/h3,6,9-10,12-13H,4-5,7-8H2,1-2H3. The highest BCUT2D eigenvalue weighted by Gasteiger charge is 1.93. The van der Waals surface area contributed by atoms with Gasteiger partial charge in [-0.2, -0.15) is 11.3 Å². The molecule has 0 radical (unpaired) electrons. The van der Waals surface area contributed by atoms with Crippen LogP contribution in [0.2, 0.25) is 0 Å². The number of hydrogen-bond acceptors (Lipinski definition) is 3. The van der Waals surface area contributed by atoms with Crippen LogP contribution >= 0.6 is 11.3 Å². The van der Waals surface area contributed by atoms with E-state index in [1.807, 2.05) is 0 Å². The van der Waals surface area contributed by atoms with Crippen LogP contribution in [0.15, 0.2) is 16.8 Å². The van der Waals surface area contributed by atoms with Gasteiger partial charge >= 0.3 is 0 Å². The smallest absolute Gasteiger partial charge is 0.0214 e. The summed E-state index contributed by atoms with van der Waals surface area (Å²) in [5.74, 6) is 0.742. The monoisotopic (exact) mass is 212 g/mol. The van der Waals surface area contributed by atoms with E-state index in [1.54, 1.807) is 11.3 Å². The first-order valence-electron chi connectivity index (χ1n) is 5.21. The zero-order valence-electron chi connectivity index (χ0n) is 9.05. The minimum atomic E-state index is 0.742. The van der Waals surface area contributed by atoms with Gasteiger partial charge in [-0.15, -0.1) is 0 Å². The predicted octanol–water partition coefficient (Wildman–Crippen LogP) is 2.08. The fraction of sp³-hybridized carbons (Fsp3) is 0.636. The molecule has 0 amide bonds. The van der Waals surface area contributed by atoms with Gasteiger partial charge in [0.25, 0.3) is 0 Å². The van der Waals surface area contributed by atoms with Gasteiger partial charge < -0.3 is 10.6 Å². The Balaban J connectivity index is 1.90. The van der Waals surface area contributed by atoms with E-state index in [2.05, 4.69) is 41.3 Å². The minimum absolute atomic E-state index is 0.742. The molecule has 0 spiro atoms. The van der Waals surface area contributed by atoms with Crippen LogP contribution < -0.4 is 10.6 Å². The average molecular weight is 212 g/mol. The number of nitrogens with one attached hydrogen (secondary N) is 2. The van der Waals surface area contributed by atoms with E-state index >= 15 is 0 Å². The normalized spacial score (nSPS) is 11.1. The lowest BCUT2D eigenvalue weighted by Gasteiger charge is -2.07. The van der Waals surface area contributed by atoms with Crippen molar-refractivity contribution in [3.8, 4) is 0 Å². The molecule has 1 rings (SSSR count). The van der Waals surface area contributed by atoms with E-state index in [0.29, 0.717) is 0 Å². The summed E-state index contributed by atoms with van der Waals surface area (Å²) in [5, 5.41) is 11.1. The van der Waals surface area contributed by atoms with Crippen molar-refractivity contribution >= 4 is 11.3 Å². The van der Waals surface area contributed by atoms with Crippen molar-refractivity contribution < 1.29 is 0 Å². The predicted molar refractivity (Wildman–Crippen MR) is 63.7 cm³/mol. The van der Waals surface area contributed by atoms with Gasteiger partial charge in [-0.1, -0.05) is 13.8 Å². The maximum absolute atomic E-state index is 3.41. The Morgan fingerprint density at radius 2 is 2.07 bits per heavy atom. The molecule has 2 N–H and O–H groups in total. The molecule has 0 bridgehead atoms. The molecule has 3 heteroatoms. The van der Waals surface area contributed by atoms with Crippen molar-refractivity contribution in [3.63, 3.8) is 0 Å². The molecule has 1 heterocycles. The summed E-state index contributed by atoms with van der Waals surface area (Å²) < 4.78 is 0. The molecule has 0 aromatic carbocycles. The molecule has 2 nitrogen and oxygen atoms in total. The number of thiophene rings is 1. The Morgan fingerprint density at radius 1 is 1.29 bits per heavy atom. The summed E-state index contributed by atoms with van der Waals surface area (Å²) in [6.45, 7) is 8.66. The zero-order chi connectivity index (χ0) is 10.2. The summed E-state index contributed by atoms with van der Waals surface area (Å²) in [5.41, 5.74) is 1.39. The van der Waals surface area contributed by atoms with Crippen molar-refractivity contribution in [3.05, 3.63) is 22.4 Å². The van der Waals surface area contributed by atoms with Crippen molar-refractivity contribution in [1.82, 2.24) is 10.6 Å². The van der Waals surface area contributed by atoms with Crippen molar-refractivity contribution in [2.75, 3.05) is 19.6 Å². The van der Waals surface area contributed by atoms with Crippen LogP contribution in [0.5, 0.6) is 0 Å². The summed E-state index contributed by atoms with van der Waals surface area (Å²) in [4.78, 5) is 0. The third-order valence-corrected chi connectivity index (χ3v) is 2.67. The van der Waals surface area contributed by atoms with Crippen LogP contribution in [0.4, 0.5) is 0 Å². The molecule has 1 aromatic rings. The molecule has 14 heavy (non-hydrogen) atoms. The molecule has 80 valence electrons. The van der Waals surface area contributed by atoms with E-state index in [4.69, 9.17) is 0 Å². The van der Waals surface area contributed by atoms with Gasteiger partial charge in [0, 0.05) is 19.6 Å². The Morgan fingerprint density at radius 3 is 2.71 bits per heavy atom. The highest BCUT2D eigenvalue weighted by molar-refractivity contribution is 7.07. The topological polar surface area (TPSA) is 24.1 Å². The van der Waals surface area contributed by atoms with Gasteiger partial charge in [-0.05, 0) is 34.9 Å². The first kappa shape index (κ1) is 11.7. The molecule has 0 saturated carbocycles. The van der Waals surface area contributed by atoms with Crippen LogP contribution in [-0.4, -0.2) is 19.6 Å². The van der Waals surface area contributed by atoms with Crippen LogP contribution in [0.25, 0.3) is 0 Å². The summed E-state index contributed by atoms with van der Waals surface area (Å²) >= 11 is 1.76. The van der Waals surface area contributed by atoms with Crippen molar-refractivity contribution in [1.29, 1.82) is 0 Å². The van der Waals surface area contributed by atoms with Gasteiger partial charge in [-0.25, -0.2) is 0 Å². The highest BCUT2D eigenvalue weighted by atomic mass is 32.1. The summed E-state index contributed by atoms with van der Waals surface area (Å²) in [6.07, 6.45) is 0. The molecule has 0 unspecified atom stereocenters. The Hall–Kier alpha value is -0.380. The largest absolute Gasteiger partial charge is 0.315 e. The third kappa shape index (κ3) is 5.37. The lowest BCUT2D eigenvalue weighted by Crippen LogP contribution is -2.29. The summed E-state index contributed by atoms with van der Waals surface area (Å²) in [6, 6.07) is 2.17. The molecule has 0 aliphatic carbocycles. The number of hydrogen-bond donors (Lipinski definition) is 2. The van der Waals surface area contributed by atoms with Crippen LogP contribution in [0, 0.1) is 5.92 Å². The molecular weight excluding hydrogens is 192 g/mol. The highest BCUT2D eigenvalue weighted by Crippen LogP contribution is 2.04. The molecular formula is C11H20N2S.